The normalized spacial score (nSPS) is 13.1. The van der Waals surface area contributed by atoms with Gasteiger partial charge in [-0.15, -0.1) is 0 Å². The van der Waals surface area contributed by atoms with E-state index in [1.807, 2.05) is 12.1 Å². The van der Waals surface area contributed by atoms with Crippen LogP contribution in [0.5, 0.6) is 0 Å². The van der Waals surface area contributed by atoms with Crippen LogP contribution in [0.2, 0.25) is 24.7 Å². The molecule has 0 nitrogen and oxygen atoms in total. The van der Waals surface area contributed by atoms with E-state index < -0.39 is 8.07 Å². The van der Waals surface area contributed by atoms with E-state index in [0.29, 0.717) is 0 Å². The standard InChI is InChI=1S/C16H25ClSiTe/c1-13(2)7-6-8-16(18(3,4)5)19-15-11-9-14(17)10-12-15/h8-13H,6-7H2,1-5H3/b16-8+. The Morgan fingerprint density at radius 3 is 2.26 bits per heavy atom. The molecule has 3 heteroatoms. The quantitative estimate of drug-likeness (QED) is 0.590. The first-order valence-corrected chi connectivity index (χ1v) is 13.1. The van der Waals surface area contributed by atoms with Crippen molar-refractivity contribution in [3.63, 3.8) is 0 Å². The van der Waals surface area contributed by atoms with Crippen LogP contribution >= 0.6 is 11.6 Å². The summed E-state index contributed by atoms with van der Waals surface area (Å²) in [7, 11) is -1.17. The van der Waals surface area contributed by atoms with Crippen molar-refractivity contribution in [3.8, 4) is 0 Å². The zero-order valence-corrected chi connectivity index (χ0v) is 16.8. The zero-order valence-electron chi connectivity index (χ0n) is 12.7. The Kier molecular flexibility index (Phi) is 7.18. The molecular formula is C16H25ClSiTe. The van der Waals surface area contributed by atoms with Gasteiger partial charge in [0.25, 0.3) is 0 Å². The third-order valence-corrected chi connectivity index (χ3v) is 13.3. The Morgan fingerprint density at radius 2 is 1.79 bits per heavy atom. The maximum atomic E-state index is 5.97. The van der Waals surface area contributed by atoms with Crippen molar-refractivity contribution in [1.29, 1.82) is 0 Å². The van der Waals surface area contributed by atoms with Crippen LogP contribution in [0.3, 0.4) is 0 Å². The fraction of sp³-hybridized carbons (Fsp3) is 0.500. The molecule has 0 saturated carbocycles. The average Bonchev–Trinajstić information content (AvgIpc) is 2.28. The molecule has 19 heavy (non-hydrogen) atoms. The monoisotopic (exact) mass is 410 g/mol. The number of halogens is 1. The summed E-state index contributed by atoms with van der Waals surface area (Å²) >= 11 is 5.76. The third-order valence-electron chi connectivity index (χ3n) is 2.85. The number of hydrogen-bond acceptors (Lipinski definition) is 0. The van der Waals surface area contributed by atoms with Gasteiger partial charge < -0.3 is 0 Å². The predicted octanol–water partition coefficient (Wildman–Crippen LogP) is 4.87. The molecule has 0 amide bonds. The Morgan fingerprint density at radius 1 is 1.21 bits per heavy atom. The summed E-state index contributed by atoms with van der Waals surface area (Å²) in [6.07, 6.45) is 5.11. The molecular weight excluding hydrogens is 383 g/mol. The van der Waals surface area contributed by atoms with Gasteiger partial charge in [-0.25, -0.2) is 0 Å². The first-order valence-electron chi connectivity index (χ1n) is 6.93. The van der Waals surface area contributed by atoms with Crippen LogP contribution in [0, 0.1) is 5.92 Å². The van der Waals surface area contributed by atoms with Gasteiger partial charge in [0.15, 0.2) is 0 Å². The summed E-state index contributed by atoms with van der Waals surface area (Å²) < 4.78 is 3.30. The fourth-order valence-corrected chi connectivity index (χ4v) is 8.36. The van der Waals surface area contributed by atoms with Crippen LogP contribution < -0.4 is 3.61 Å². The molecule has 0 aliphatic carbocycles. The van der Waals surface area contributed by atoms with Gasteiger partial charge >= 0.3 is 135 Å². The van der Waals surface area contributed by atoms with Gasteiger partial charge in [-0.1, -0.05) is 0 Å². The first kappa shape index (κ1) is 17.3. The Balaban J connectivity index is 2.78. The third kappa shape index (κ3) is 7.00. The van der Waals surface area contributed by atoms with Gasteiger partial charge in [0.1, 0.15) is 0 Å². The van der Waals surface area contributed by atoms with Crippen molar-refractivity contribution < 1.29 is 0 Å². The van der Waals surface area contributed by atoms with E-state index in [1.165, 1.54) is 16.5 Å². The summed E-state index contributed by atoms with van der Waals surface area (Å²) in [6, 6.07) is 8.47. The van der Waals surface area contributed by atoms with Gasteiger partial charge in [0.2, 0.25) is 0 Å². The van der Waals surface area contributed by atoms with E-state index in [1.54, 1.807) is 3.24 Å². The van der Waals surface area contributed by atoms with Crippen molar-refractivity contribution in [3.05, 3.63) is 38.6 Å². The molecule has 0 aliphatic heterocycles. The first-order chi connectivity index (χ1) is 8.79. The van der Waals surface area contributed by atoms with Crippen LogP contribution in [0.25, 0.3) is 0 Å². The molecule has 0 bridgehead atoms. The number of rotatable bonds is 6. The summed E-state index contributed by atoms with van der Waals surface area (Å²) in [5.74, 6) is 0.801. The van der Waals surface area contributed by atoms with Crippen LogP contribution in [0.15, 0.2) is 33.6 Å². The van der Waals surface area contributed by atoms with Gasteiger partial charge in [-0.2, -0.15) is 0 Å². The van der Waals surface area contributed by atoms with Crippen molar-refractivity contribution in [2.45, 2.75) is 46.3 Å². The van der Waals surface area contributed by atoms with Crippen LogP contribution in [0.4, 0.5) is 0 Å². The molecule has 1 aromatic rings. The average molecular weight is 409 g/mol. The van der Waals surface area contributed by atoms with Gasteiger partial charge in [0, 0.05) is 0 Å². The summed E-state index contributed by atoms with van der Waals surface area (Å²) in [4.78, 5) is 0. The van der Waals surface area contributed by atoms with E-state index in [2.05, 4.69) is 51.7 Å². The van der Waals surface area contributed by atoms with Crippen molar-refractivity contribution in [2.24, 2.45) is 5.92 Å². The number of allylic oxidation sites excluding steroid dienone is 1. The molecule has 0 unspecified atom stereocenters. The molecule has 0 radical (unpaired) electrons. The summed E-state index contributed by atoms with van der Waals surface area (Å²) in [6.45, 7) is 12.0. The Bertz CT molecular complexity index is 415. The fourth-order valence-electron chi connectivity index (χ4n) is 1.68. The van der Waals surface area contributed by atoms with Gasteiger partial charge in [-0.05, 0) is 0 Å². The number of benzene rings is 1. The van der Waals surface area contributed by atoms with E-state index in [0.717, 1.165) is 10.9 Å². The molecule has 106 valence electrons. The van der Waals surface area contributed by atoms with E-state index in [9.17, 15) is 0 Å². The Labute approximate surface area is 134 Å². The molecule has 0 N–H and O–H groups in total. The van der Waals surface area contributed by atoms with Crippen molar-refractivity contribution in [1.82, 2.24) is 0 Å². The molecule has 0 atom stereocenters. The van der Waals surface area contributed by atoms with E-state index in [-0.39, 0.29) is 20.9 Å². The summed E-state index contributed by atoms with van der Waals surface area (Å²) in [5, 5.41) is 0.842. The van der Waals surface area contributed by atoms with Gasteiger partial charge in [-0.3, -0.25) is 0 Å². The molecule has 0 heterocycles. The second-order valence-corrected chi connectivity index (χ2v) is 16.1. The number of hydrogen-bond donors (Lipinski definition) is 0. The molecule has 0 aromatic heterocycles. The molecule has 0 fully saturated rings. The topological polar surface area (TPSA) is 0 Å². The summed E-state index contributed by atoms with van der Waals surface area (Å²) in [5.41, 5.74) is 0. The SMILES string of the molecule is CC(C)CC/C=C(/[Te]c1ccc(Cl)cc1)[Si](C)(C)C. The van der Waals surface area contributed by atoms with Gasteiger partial charge in [0.05, 0.1) is 0 Å². The zero-order chi connectivity index (χ0) is 14.5. The van der Waals surface area contributed by atoms with Crippen LogP contribution in [-0.2, 0) is 0 Å². The minimum absolute atomic E-state index is 0.210. The van der Waals surface area contributed by atoms with Crippen LogP contribution in [0.1, 0.15) is 26.7 Å². The molecule has 0 saturated heterocycles. The van der Waals surface area contributed by atoms with Crippen LogP contribution in [-0.4, -0.2) is 29.0 Å². The Hall–Kier alpha value is 0.256. The maximum absolute atomic E-state index is 5.97. The van der Waals surface area contributed by atoms with E-state index >= 15 is 0 Å². The predicted molar refractivity (Wildman–Crippen MR) is 92.3 cm³/mol. The second kappa shape index (κ2) is 7.89. The van der Waals surface area contributed by atoms with E-state index in [4.69, 9.17) is 11.6 Å². The molecule has 0 spiro atoms. The molecule has 0 aliphatic rings. The molecule has 1 rings (SSSR count). The van der Waals surface area contributed by atoms with Crippen molar-refractivity contribution in [2.75, 3.05) is 0 Å². The molecule has 1 aromatic carbocycles. The second-order valence-electron chi connectivity index (χ2n) is 6.35. The minimum atomic E-state index is -1.17. The van der Waals surface area contributed by atoms with Crippen molar-refractivity contribution >= 4 is 44.2 Å².